The van der Waals surface area contributed by atoms with Crippen LogP contribution in [0.3, 0.4) is 0 Å². The molecule has 4 aromatic rings. The molecule has 5 amide bonds. The first-order chi connectivity index (χ1) is 28.4. The van der Waals surface area contributed by atoms with Crippen LogP contribution in [0.5, 0.6) is 0 Å². The smallest absolute Gasteiger partial charge is 0.407 e. The molecule has 0 saturated carbocycles. The van der Waals surface area contributed by atoms with Gasteiger partial charge in [-0.15, -0.1) is 0 Å². The van der Waals surface area contributed by atoms with Gasteiger partial charge in [0.05, 0.1) is 24.9 Å². The van der Waals surface area contributed by atoms with Crippen molar-refractivity contribution in [2.45, 2.75) is 105 Å². The topological polar surface area (TPSA) is 166 Å². The van der Waals surface area contributed by atoms with Crippen LogP contribution in [0.15, 0.2) is 97.3 Å². The number of ether oxygens (including phenoxy) is 1. The van der Waals surface area contributed by atoms with E-state index >= 15 is 0 Å². The summed E-state index contributed by atoms with van der Waals surface area (Å²) in [5.41, 5.74) is 3.99. The molecule has 0 spiro atoms. The zero-order valence-electron chi connectivity index (χ0n) is 36.1. The van der Waals surface area contributed by atoms with Crippen LogP contribution in [0.2, 0.25) is 0 Å². The molecule has 2 aromatic heterocycles. The third-order valence-corrected chi connectivity index (χ3v) is 10.9. The van der Waals surface area contributed by atoms with E-state index in [1.807, 2.05) is 133 Å². The van der Waals surface area contributed by atoms with Crippen LogP contribution in [0.4, 0.5) is 9.59 Å². The highest BCUT2D eigenvalue weighted by Crippen LogP contribution is 2.30. The highest BCUT2D eigenvalue weighted by molar-refractivity contribution is 5.89. The van der Waals surface area contributed by atoms with Gasteiger partial charge in [0.25, 0.3) is 0 Å². The minimum Gasteiger partial charge on any atom is -0.453 e. The average Bonchev–Trinajstić information content (AvgIpc) is 3.55. The van der Waals surface area contributed by atoms with Crippen molar-refractivity contribution in [1.29, 1.82) is 0 Å². The molecule has 3 heterocycles. The van der Waals surface area contributed by atoms with E-state index in [0.29, 0.717) is 32.5 Å². The molecule has 1 saturated heterocycles. The highest BCUT2D eigenvalue weighted by Gasteiger charge is 2.44. The standard InChI is InChI=1S/C47H61N7O6/c1-31-35(17-14-24-48-31)30-53-25-26-54(45(53)59)41(47(5,6)7)43(57)51-38(28-32-15-10-9-11-16-32)39(55)29-36(50-42(56)40(46(2,3)4)52-44(58)60-8)27-33-19-21-34(22-20-33)37-18-12-13-23-49-37/h9-24,36,38-41,55H,25-30H2,1-8H3,(H,50,56)(H,51,57)(H,52,58)/t36-,38-,39-,40+,41+/m0/s1. The molecule has 0 radical (unpaired) electrons. The lowest BCUT2D eigenvalue weighted by Gasteiger charge is -2.38. The van der Waals surface area contributed by atoms with E-state index in [1.54, 1.807) is 22.2 Å². The molecule has 2 aromatic carbocycles. The van der Waals surface area contributed by atoms with E-state index < -0.39 is 53.1 Å². The number of urea groups is 1. The van der Waals surface area contributed by atoms with E-state index in [9.17, 15) is 24.3 Å². The molecule has 60 heavy (non-hydrogen) atoms. The summed E-state index contributed by atoms with van der Waals surface area (Å²) in [5, 5.41) is 21.2. The summed E-state index contributed by atoms with van der Waals surface area (Å²) >= 11 is 0. The number of aliphatic hydroxyl groups is 1. The number of alkyl carbamates (subject to hydrolysis) is 1. The molecule has 13 nitrogen and oxygen atoms in total. The van der Waals surface area contributed by atoms with E-state index in [4.69, 9.17) is 4.74 Å². The first-order valence-corrected chi connectivity index (χ1v) is 20.6. The van der Waals surface area contributed by atoms with Crippen molar-refractivity contribution >= 4 is 23.9 Å². The fraction of sp³-hybridized carbons (Fsp3) is 0.447. The van der Waals surface area contributed by atoms with Crippen molar-refractivity contribution in [2.24, 2.45) is 10.8 Å². The number of amides is 5. The largest absolute Gasteiger partial charge is 0.453 e. The summed E-state index contributed by atoms with van der Waals surface area (Å²) < 4.78 is 4.84. The molecule has 5 atom stereocenters. The second kappa shape index (κ2) is 20.0. The Morgan fingerprint density at radius 3 is 2.05 bits per heavy atom. The van der Waals surface area contributed by atoms with Crippen molar-refractivity contribution in [3.63, 3.8) is 0 Å². The van der Waals surface area contributed by atoms with Crippen LogP contribution in [-0.4, -0.2) is 99.3 Å². The van der Waals surface area contributed by atoms with Crippen LogP contribution in [-0.2, 0) is 33.7 Å². The summed E-state index contributed by atoms with van der Waals surface area (Å²) in [6.07, 6.45) is 2.26. The fourth-order valence-electron chi connectivity index (χ4n) is 7.71. The fourth-order valence-corrected chi connectivity index (χ4v) is 7.71. The lowest BCUT2D eigenvalue weighted by molar-refractivity contribution is -0.131. The van der Waals surface area contributed by atoms with Gasteiger partial charge in [-0.2, -0.15) is 0 Å². The third-order valence-electron chi connectivity index (χ3n) is 10.9. The Labute approximate surface area is 354 Å². The van der Waals surface area contributed by atoms with Crippen molar-refractivity contribution in [2.75, 3.05) is 20.2 Å². The number of pyridine rings is 2. The van der Waals surface area contributed by atoms with Gasteiger partial charge in [-0.05, 0) is 71.9 Å². The van der Waals surface area contributed by atoms with Gasteiger partial charge in [0, 0.05) is 49.3 Å². The van der Waals surface area contributed by atoms with Crippen LogP contribution >= 0.6 is 0 Å². The minimum absolute atomic E-state index is 0.0572. The molecule has 4 N–H and O–H groups in total. The molecule has 0 unspecified atom stereocenters. The average molecular weight is 820 g/mol. The Balaban J connectivity index is 1.42. The number of hydrogen-bond acceptors (Lipinski definition) is 8. The second-order valence-electron chi connectivity index (χ2n) is 17.8. The molecule has 320 valence electrons. The van der Waals surface area contributed by atoms with Crippen LogP contribution in [0.1, 0.15) is 70.3 Å². The number of hydrogen-bond donors (Lipinski definition) is 4. The maximum Gasteiger partial charge on any atom is 0.407 e. The molecule has 0 bridgehead atoms. The maximum atomic E-state index is 14.6. The maximum absolute atomic E-state index is 14.6. The SMILES string of the molecule is COC(=O)N[C@H](C(=O)N[C@@H](Cc1ccc(-c2ccccn2)cc1)C[C@H](O)[C@H](Cc1ccccc1)NC(=O)[C@@H](N1CCN(Cc2cccnc2C)C1=O)C(C)(C)C)C(C)(C)C. The van der Waals surface area contributed by atoms with Crippen molar-refractivity contribution < 1.29 is 29.0 Å². The quantitative estimate of drug-likeness (QED) is 0.106. The lowest BCUT2D eigenvalue weighted by atomic mass is 9.84. The number of aromatic nitrogens is 2. The Kier molecular flexibility index (Phi) is 15.1. The van der Waals surface area contributed by atoms with E-state index in [-0.39, 0.29) is 18.4 Å². The molecular formula is C47H61N7O6. The van der Waals surface area contributed by atoms with Gasteiger partial charge in [-0.25, -0.2) is 9.59 Å². The number of methoxy groups -OCH3 is 1. The van der Waals surface area contributed by atoms with Crippen LogP contribution in [0.25, 0.3) is 11.3 Å². The van der Waals surface area contributed by atoms with Gasteiger partial charge in [0.2, 0.25) is 11.8 Å². The number of nitrogens with one attached hydrogen (secondary N) is 3. The van der Waals surface area contributed by atoms with Crippen molar-refractivity contribution in [1.82, 2.24) is 35.7 Å². The monoisotopic (exact) mass is 819 g/mol. The number of rotatable bonds is 16. The predicted molar refractivity (Wildman–Crippen MR) is 232 cm³/mol. The zero-order valence-corrected chi connectivity index (χ0v) is 36.1. The van der Waals surface area contributed by atoms with Crippen molar-refractivity contribution in [3.05, 3.63) is 120 Å². The van der Waals surface area contributed by atoms with Crippen molar-refractivity contribution in [3.8, 4) is 11.3 Å². The van der Waals surface area contributed by atoms with Gasteiger partial charge in [-0.3, -0.25) is 19.6 Å². The number of carbonyl (C=O) groups excluding carboxylic acids is 4. The number of carbonyl (C=O) groups is 4. The summed E-state index contributed by atoms with van der Waals surface area (Å²) in [6.45, 7) is 14.4. The Morgan fingerprint density at radius 1 is 0.767 bits per heavy atom. The Hall–Kier alpha value is -5.82. The second-order valence-corrected chi connectivity index (χ2v) is 17.8. The Morgan fingerprint density at radius 2 is 1.43 bits per heavy atom. The van der Waals surface area contributed by atoms with Crippen LogP contribution in [0, 0.1) is 17.8 Å². The summed E-state index contributed by atoms with van der Waals surface area (Å²) in [4.78, 5) is 67.2. The summed E-state index contributed by atoms with van der Waals surface area (Å²) in [6, 6.07) is 23.5. The molecule has 1 fully saturated rings. The molecule has 13 heteroatoms. The number of nitrogens with zero attached hydrogens (tertiary/aromatic N) is 4. The minimum atomic E-state index is -1.14. The molecule has 0 aliphatic carbocycles. The number of aliphatic hydroxyl groups excluding tert-OH is 1. The normalized spacial score (nSPS) is 15.7. The van der Waals surface area contributed by atoms with Gasteiger partial charge >= 0.3 is 12.1 Å². The van der Waals surface area contributed by atoms with Gasteiger partial charge < -0.3 is 35.6 Å². The predicted octanol–water partition coefficient (Wildman–Crippen LogP) is 6.08. The van der Waals surface area contributed by atoms with E-state index in [0.717, 1.165) is 33.6 Å². The third kappa shape index (κ3) is 12.1. The van der Waals surface area contributed by atoms with Crippen LogP contribution < -0.4 is 16.0 Å². The molecule has 1 aliphatic rings. The van der Waals surface area contributed by atoms with Gasteiger partial charge in [-0.1, -0.05) is 108 Å². The Bertz CT molecular complexity index is 2050. The van der Waals surface area contributed by atoms with Gasteiger partial charge in [0.1, 0.15) is 12.1 Å². The van der Waals surface area contributed by atoms with Gasteiger partial charge in [0.15, 0.2) is 0 Å². The van der Waals surface area contributed by atoms with E-state index in [1.165, 1.54) is 7.11 Å². The first-order valence-electron chi connectivity index (χ1n) is 20.6. The molecular weight excluding hydrogens is 759 g/mol. The zero-order chi connectivity index (χ0) is 43.6. The molecule has 1 aliphatic heterocycles. The summed E-state index contributed by atoms with van der Waals surface area (Å²) in [5.74, 6) is -0.818. The molecule has 5 rings (SSSR count). The first kappa shape index (κ1) is 45.3. The summed E-state index contributed by atoms with van der Waals surface area (Å²) in [7, 11) is 1.24. The highest BCUT2D eigenvalue weighted by atomic mass is 16.5. The van der Waals surface area contributed by atoms with E-state index in [2.05, 4.69) is 25.9 Å². The number of benzene rings is 2. The lowest BCUT2D eigenvalue weighted by Crippen LogP contribution is -2.59. The number of aryl methyl sites for hydroxylation is 1.